The van der Waals surface area contributed by atoms with E-state index < -0.39 is 40.4 Å². The largest absolute Gasteiger partial charge is 0.494 e. The Labute approximate surface area is 227 Å². The van der Waals surface area contributed by atoms with Crippen LogP contribution in [-0.2, 0) is 4.74 Å². The highest BCUT2D eigenvalue weighted by molar-refractivity contribution is 6.34. The van der Waals surface area contributed by atoms with Gasteiger partial charge in [0.1, 0.15) is 17.0 Å². The van der Waals surface area contributed by atoms with E-state index in [2.05, 4.69) is 4.98 Å². The number of methoxy groups -OCH3 is 2. The Bertz CT molecular complexity index is 1550. The molecule has 0 spiro atoms. The van der Waals surface area contributed by atoms with Crippen molar-refractivity contribution in [1.82, 2.24) is 4.98 Å². The van der Waals surface area contributed by atoms with Gasteiger partial charge in [-0.3, -0.25) is 4.79 Å². The average molecular weight is 560 g/mol. The number of anilines is 3. The number of carbonyl (C=O) groups excluding carboxylic acids is 2. The Hall–Kier alpha value is -4.38. The maximum atomic E-state index is 14.9. The van der Waals surface area contributed by atoms with E-state index in [1.54, 1.807) is 39.0 Å². The zero-order valence-corrected chi connectivity index (χ0v) is 22.4. The van der Waals surface area contributed by atoms with E-state index in [4.69, 9.17) is 36.0 Å². The van der Waals surface area contributed by atoms with Crippen molar-refractivity contribution in [1.29, 1.82) is 0 Å². The lowest BCUT2D eigenvalue weighted by molar-refractivity contribution is 0.0598. The van der Waals surface area contributed by atoms with Crippen molar-refractivity contribution >= 4 is 51.6 Å². The van der Waals surface area contributed by atoms with Gasteiger partial charge in [-0.15, -0.1) is 0 Å². The second-order valence-corrected chi connectivity index (χ2v) is 9.70. The molecule has 0 aliphatic heterocycles. The number of ether oxygens (including phenoxy) is 3. The topological polar surface area (TPSA) is 117 Å². The molecular weight excluding hydrogens is 536 g/mol. The molecule has 4 aromatic rings. The number of hydrogen-bond donors (Lipinski definition) is 1. The van der Waals surface area contributed by atoms with Crippen LogP contribution in [0.15, 0.2) is 47.0 Å². The first-order valence-electron chi connectivity index (χ1n) is 11.5. The minimum absolute atomic E-state index is 0.0387. The summed E-state index contributed by atoms with van der Waals surface area (Å²) in [6.45, 7) is 5.07. The molecule has 0 radical (unpaired) electrons. The van der Waals surface area contributed by atoms with E-state index in [1.807, 2.05) is 0 Å². The van der Waals surface area contributed by atoms with Gasteiger partial charge in [0.2, 0.25) is 5.78 Å². The number of benzene rings is 2. The number of halogens is 3. The van der Waals surface area contributed by atoms with Crippen LogP contribution in [0.2, 0.25) is 5.02 Å². The van der Waals surface area contributed by atoms with E-state index in [9.17, 15) is 18.4 Å². The van der Waals surface area contributed by atoms with Crippen LogP contribution in [0.25, 0.3) is 11.0 Å². The van der Waals surface area contributed by atoms with Gasteiger partial charge in [-0.2, -0.15) is 0 Å². The van der Waals surface area contributed by atoms with Crippen LogP contribution >= 0.6 is 11.6 Å². The van der Waals surface area contributed by atoms with Crippen LogP contribution < -0.4 is 20.1 Å². The lowest BCUT2D eigenvalue weighted by Gasteiger charge is -2.28. The summed E-state index contributed by atoms with van der Waals surface area (Å²) in [5.41, 5.74) is 4.77. The van der Waals surface area contributed by atoms with E-state index in [1.165, 1.54) is 32.5 Å². The Morgan fingerprint density at radius 3 is 2.26 bits per heavy atom. The third-order valence-corrected chi connectivity index (χ3v) is 5.77. The fraction of sp³-hybridized carbons (Fsp3) is 0.222. The minimum atomic E-state index is -1.22. The molecule has 0 atom stereocenters. The fourth-order valence-electron chi connectivity index (χ4n) is 3.75. The second-order valence-electron chi connectivity index (χ2n) is 9.30. The summed E-state index contributed by atoms with van der Waals surface area (Å²) in [6, 6.07) is 8.38. The number of aromatic nitrogens is 1. The van der Waals surface area contributed by atoms with Crippen molar-refractivity contribution in [2.24, 2.45) is 0 Å². The molecule has 12 heteroatoms. The molecule has 2 aromatic heterocycles. The minimum Gasteiger partial charge on any atom is -0.494 e. The van der Waals surface area contributed by atoms with Crippen LogP contribution in [0.5, 0.6) is 11.5 Å². The number of rotatable bonds is 6. The molecule has 0 saturated carbocycles. The number of ketones is 1. The first-order valence-corrected chi connectivity index (χ1v) is 11.9. The fourth-order valence-corrected chi connectivity index (χ4v) is 4.02. The predicted molar refractivity (Wildman–Crippen MR) is 141 cm³/mol. The molecule has 39 heavy (non-hydrogen) atoms. The number of amides is 1. The zero-order valence-electron chi connectivity index (χ0n) is 21.6. The van der Waals surface area contributed by atoms with Crippen molar-refractivity contribution in [3.05, 3.63) is 70.6 Å². The Kier molecular flexibility index (Phi) is 7.38. The van der Waals surface area contributed by atoms with Crippen molar-refractivity contribution in [2.75, 3.05) is 24.9 Å². The molecule has 0 aliphatic rings. The van der Waals surface area contributed by atoms with Gasteiger partial charge < -0.3 is 24.4 Å². The standard InChI is InChI=1S/C27H24ClF2N3O6/c1-27(2,3)39-26(35)33(24-14(28)7-6-8-15(24)31)20-10-13-9-18(38-19(13)12-32-20)25(34)21-22(29)16(36-4)11-17(37-5)23(21)30/h6-12H,31H2,1-5H3. The summed E-state index contributed by atoms with van der Waals surface area (Å²) in [5.74, 6) is -4.66. The number of nitrogens with two attached hydrogens (primary N) is 1. The molecule has 2 aromatic carbocycles. The number of carbonyl (C=O) groups is 2. The van der Waals surface area contributed by atoms with Gasteiger partial charge in [-0.05, 0) is 45.0 Å². The van der Waals surface area contributed by atoms with Crippen molar-refractivity contribution in [3.8, 4) is 11.5 Å². The number of nitrogens with zero attached hydrogens (tertiary/aromatic N) is 2. The van der Waals surface area contributed by atoms with Crippen molar-refractivity contribution in [3.63, 3.8) is 0 Å². The Balaban J connectivity index is 1.83. The summed E-state index contributed by atoms with van der Waals surface area (Å²) >= 11 is 6.39. The number of fused-ring (bicyclic) bond motifs is 1. The zero-order chi connectivity index (χ0) is 28.6. The predicted octanol–water partition coefficient (Wildman–Crippen LogP) is 6.66. The number of furan rings is 1. The highest BCUT2D eigenvalue weighted by Gasteiger charge is 2.31. The summed E-state index contributed by atoms with van der Waals surface area (Å²) in [4.78, 5) is 31.8. The number of para-hydroxylation sites is 1. The lowest BCUT2D eigenvalue weighted by atomic mass is 10.1. The molecule has 2 heterocycles. The van der Waals surface area contributed by atoms with Gasteiger partial charge in [-0.1, -0.05) is 17.7 Å². The van der Waals surface area contributed by atoms with Crippen LogP contribution in [0.3, 0.4) is 0 Å². The van der Waals surface area contributed by atoms with Crippen LogP contribution in [0.4, 0.5) is 30.8 Å². The van der Waals surface area contributed by atoms with Crippen molar-refractivity contribution < 1.29 is 37.0 Å². The summed E-state index contributed by atoms with van der Waals surface area (Å²) in [5, 5.41) is 0.446. The SMILES string of the molecule is COc1cc(OC)c(F)c(C(=O)c2cc3cc(N(C(=O)OC(C)(C)C)c4c(N)cccc4Cl)ncc3o2)c1F. The second kappa shape index (κ2) is 10.4. The molecular formula is C27H24ClF2N3O6. The molecule has 204 valence electrons. The molecule has 0 unspecified atom stereocenters. The molecule has 2 N–H and O–H groups in total. The summed E-state index contributed by atoms with van der Waals surface area (Å²) in [6.07, 6.45) is 0.423. The molecule has 0 aliphatic carbocycles. The number of hydrogen-bond acceptors (Lipinski definition) is 8. The monoisotopic (exact) mass is 559 g/mol. The van der Waals surface area contributed by atoms with Gasteiger partial charge in [0.25, 0.3) is 0 Å². The smallest absolute Gasteiger partial charge is 0.420 e. The summed E-state index contributed by atoms with van der Waals surface area (Å²) < 4.78 is 50.8. The number of pyridine rings is 1. The lowest BCUT2D eigenvalue weighted by Crippen LogP contribution is -2.34. The van der Waals surface area contributed by atoms with E-state index in [0.29, 0.717) is 5.39 Å². The maximum Gasteiger partial charge on any atom is 0.420 e. The van der Waals surface area contributed by atoms with E-state index >= 15 is 0 Å². The first-order chi connectivity index (χ1) is 18.4. The van der Waals surface area contributed by atoms with Crippen LogP contribution in [0, 0.1) is 11.6 Å². The molecule has 0 fully saturated rings. The van der Waals surface area contributed by atoms with Gasteiger partial charge in [0.05, 0.1) is 36.8 Å². The third-order valence-electron chi connectivity index (χ3n) is 5.46. The summed E-state index contributed by atoms with van der Waals surface area (Å²) in [7, 11) is 2.33. The maximum absolute atomic E-state index is 14.9. The molecule has 0 bridgehead atoms. The number of nitrogen functional groups attached to an aromatic ring is 1. The van der Waals surface area contributed by atoms with E-state index in [0.717, 1.165) is 11.0 Å². The van der Waals surface area contributed by atoms with Gasteiger partial charge in [0, 0.05) is 11.5 Å². The van der Waals surface area contributed by atoms with Gasteiger partial charge in [-0.25, -0.2) is 23.5 Å². The average Bonchev–Trinajstić information content (AvgIpc) is 3.29. The quantitative estimate of drug-likeness (QED) is 0.206. The first kappa shape index (κ1) is 27.6. The van der Waals surface area contributed by atoms with E-state index in [-0.39, 0.29) is 39.3 Å². The Morgan fingerprint density at radius 2 is 1.69 bits per heavy atom. The molecule has 4 rings (SSSR count). The van der Waals surface area contributed by atoms with Crippen molar-refractivity contribution in [2.45, 2.75) is 26.4 Å². The third kappa shape index (κ3) is 5.30. The highest BCUT2D eigenvalue weighted by Crippen LogP contribution is 2.39. The van der Waals surface area contributed by atoms with Crippen LogP contribution in [0.1, 0.15) is 36.9 Å². The van der Waals surface area contributed by atoms with Gasteiger partial charge in [0.15, 0.2) is 34.5 Å². The normalized spacial score (nSPS) is 11.4. The molecule has 0 saturated heterocycles. The molecule has 9 nitrogen and oxygen atoms in total. The Morgan fingerprint density at radius 1 is 1.05 bits per heavy atom. The highest BCUT2D eigenvalue weighted by atomic mass is 35.5. The van der Waals surface area contributed by atoms with Gasteiger partial charge >= 0.3 is 6.09 Å². The van der Waals surface area contributed by atoms with Crippen LogP contribution in [-0.4, -0.2) is 36.7 Å². The molecule has 1 amide bonds.